The summed E-state index contributed by atoms with van der Waals surface area (Å²) in [7, 11) is 0. The average Bonchev–Trinajstić information content (AvgIpc) is 3.78. The van der Waals surface area contributed by atoms with E-state index in [1.165, 1.54) is 0 Å². The predicted molar refractivity (Wildman–Crippen MR) is 207 cm³/mol. The highest BCUT2D eigenvalue weighted by atomic mass is 19.4. The standard InChI is InChI=1S/C22H15F3N4O2.C21H19N3O2/c23-22(24,25)21-28-27-19(31-21)16-8-6-15(7-9-16)14-29(18-4-2-1-3-5-18)20(30)17-10-12-26-13-11-17;22-14-20(25)17-8-6-16(7-9-17)15-24(19-4-2-1-3-5-19)21(26)18-10-12-23-13-11-18/h1-13H,14H2;1-13H,14-15,22H2. The third kappa shape index (κ3) is 10.3. The third-order valence-electron chi connectivity index (χ3n) is 8.49. The predicted octanol–water partition coefficient (Wildman–Crippen LogP) is 8.07. The van der Waals surface area contributed by atoms with Crippen LogP contribution in [-0.2, 0) is 19.3 Å². The summed E-state index contributed by atoms with van der Waals surface area (Å²) in [4.78, 5) is 49.0. The molecule has 0 atom stereocenters. The van der Waals surface area contributed by atoms with Gasteiger partial charge in [0.15, 0.2) is 5.78 Å². The van der Waals surface area contributed by atoms with Crippen molar-refractivity contribution in [3.8, 4) is 11.5 Å². The Kier molecular flexibility index (Phi) is 12.7. The summed E-state index contributed by atoms with van der Waals surface area (Å²) in [6.07, 6.45) is 1.59. The van der Waals surface area contributed by atoms with Crippen LogP contribution in [0.2, 0.25) is 0 Å². The largest absolute Gasteiger partial charge is 0.470 e. The summed E-state index contributed by atoms with van der Waals surface area (Å²) in [6, 6.07) is 39.0. The average molecular weight is 770 g/mol. The molecule has 11 nitrogen and oxygen atoms in total. The van der Waals surface area contributed by atoms with Crippen LogP contribution in [0.3, 0.4) is 0 Å². The SMILES string of the molecule is NCC(=O)c1ccc(CN(C(=O)c2ccncc2)c2ccccc2)cc1.O=C(c1ccncc1)N(Cc1ccc(-c2nnc(C(F)(F)F)o2)cc1)c1ccccc1. The molecule has 3 heterocycles. The first kappa shape index (κ1) is 39.4. The second-order valence-corrected chi connectivity index (χ2v) is 12.4. The highest BCUT2D eigenvalue weighted by Gasteiger charge is 2.38. The van der Waals surface area contributed by atoms with Crippen molar-refractivity contribution in [2.45, 2.75) is 19.3 Å². The lowest BCUT2D eigenvalue weighted by Crippen LogP contribution is -2.30. The molecule has 0 saturated carbocycles. The van der Waals surface area contributed by atoms with Gasteiger partial charge >= 0.3 is 12.1 Å². The van der Waals surface area contributed by atoms with E-state index in [1.54, 1.807) is 95.3 Å². The highest BCUT2D eigenvalue weighted by Crippen LogP contribution is 2.31. The molecule has 0 saturated heterocycles. The van der Waals surface area contributed by atoms with Crippen LogP contribution in [0.1, 0.15) is 48.1 Å². The maximum atomic E-state index is 13.1. The molecule has 4 aromatic carbocycles. The Morgan fingerprint density at radius 1 is 0.561 bits per heavy atom. The zero-order chi connectivity index (χ0) is 40.2. The van der Waals surface area contributed by atoms with Crippen molar-refractivity contribution in [2.24, 2.45) is 5.73 Å². The molecule has 3 aromatic heterocycles. The van der Waals surface area contributed by atoms with Crippen LogP contribution in [-0.4, -0.2) is 44.3 Å². The highest BCUT2D eigenvalue weighted by molar-refractivity contribution is 6.06. The second-order valence-electron chi connectivity index (χ2n) is 12.4. The number of anilines is 2. The number of carbonyl (C=O) groups excluding carboxylic acids is 3. The summed E-state index contributed by atoms with van der Waals surface area (Å²) in [5.41, 5.74) is 10.6. The zero-order valence-corrected chi connectivity index (χ0v) is 30.2. The fraction of sp³-hybridized carbons (Fsp3) is 0.0930. The number of amides is 2. The Hall–Kier alpha value is -7.32. The van der Waals surface area contributed by atoms with Gasteiger partial charge in [-0.05, 0) is 71.8 Å². The van der Waals surface area contributed by atoms with Crippen molar-refractivity contribution in [3.05, 3.63) is 192 Å². The Bertz CT molecular complexity index is 2380. The maximum absolute atomic E-state index is 13.1. The second kappa shape index (κ2) is 18.3. The lowest BCUT2D eigenvalue weighted by atomic mass is 10.1. The number of nitrogens with two attached hydrogens (primary N) is 1. The summed E-state index contributed by atoms with van der Waals surface area (Å²) < 4.78 is 42.7. The van der Waals surface area contributed by atoms with Crippen molar-refractivity contribution in [1.29, 1.82) is 0 Å². The van der Waals surface area contributed by atoms with Gasteiger partial charge in [-0.15, -0.1) is 10.2 Å². The van der Waals surface area contributed by atoms with E-state index in [2.05, 4.69) is 20.2 Å². The molecule has 57 heavy (non-hydrogen) atoms. The molecular formula is C43H34F3N7O4. The molecule has 0 bridgehead atoms. The van der Waals surface area contributed by atoms with Gasteiger partial charge in [0, 0.05) is 58.4 Å². The van der Waals surface area contributed by atoms with Gasteiger partial charge in [0.25, 0.3) is 11.8 Å². The van der Waals surface area contributed by atoms with Crippen molar-refractivity contribution < 1.29 is 32.0 Å². The van der Waals surface area contributed by atoms with E-state index in [1.807, 2.05) is 72.8 Å². The number of hydrogen-bond donors (Lipinski definition) is 1. The van der Waals surface area contributed by atoms with Gasteiger partial charge in [-0.1, -0.05) is 72.8 Å². The van der Waals surface area contributed by atoms with E-state index in [0.29, 0.717) is 34.5 Å². The van der Waals surface area contributed by atoms with Crippen LogP contribution in [0.4, 0.5) is 24.5 Å². The van der Waals surface area contributed by atoms with Crippen LogP contribution in [0.15, 0.2) is 163 Å². The molecule has 7 rings (SSSR count). The first-order valence-corrected chi connectivity index (χ1v) is 17.5. The number of alkyl halides is 3. The van der Waals surface area contributed by atoms with Gasteiger partial charge in [-0.3, -0.25) is 24.4 Å². The minimum absolute atomic E-state index is 0.0178. The molecule has 0 aliphatic rings. The van der Waals surface area contributed by atoms with Gasteiger partial charge < -0.3 is 20.0 Å². The quantitative estimate of drug-likeness (QED) is 0.129. The fourth-order valence-corrected chi connectivity index (χ4v) is 5.56. The molecule has 2 N–H and O–H groups in total. The number of nitrogens with zero attached hydrogens (tertiary/aromatic N) is 6. The number of halogens is 3. The Labute approximate surface area is 325 Å². The van der Waals surface area contributed by atoms with E-state index in [4.69, 9.17) is 10.2 Å². The number of pyridine rings is 2. The number of rotatable bonds is 11. The molecule has 7 aromatic rings. The number of ketones is 1. The number of carbonyl (C=O) groups is 3. The van der Waals surface area contributed by atoms with Crippen LogP contribution in [0, 0.1) is 0 Å². The lowest BCUT2D eigenvalue weighted by molar-refractivity contribution is -0.156. The molecule has 0 aliphatic carbocycles. The van der Waals surface area contributed by atoms with E-state index >= 15 is 0 Å². The molecule has 14 heteroatoms. The molecule has 0 fully saturated rings. The number of para-hydroxylation sites is 2. The summed E-state index contributed by atoms with van der Waals surface area (Å²) in [5, 5.41) is 6.48. The van der Waals surface area contributed by atoms with Crippen molar-refractivity contribution >= 4 is 29.0 Å². The monoisotopic (exact) mass is 769 g/mol. The van der Waals surface area contributed by atoms with E-state index < -0.39 is 12.1 Å². The Morgan fingerprint density at radius 2 is 1.00 bits per heavy atom. The number of hydrogen-bond acceptors (Lipinski definition) is 9. The molecule has 0 aliphatic heterocycles. The summed E-state index contributed by atoms with van der Waals surface area (Å²) >= 11 is 0. The van der Waals surface area contributed by atoms with Gasteiger partial charge in [0.1, 0.15) is 0 Å². The Morgan fingerprint density at radius 3 is 1.40 bits per heavy atom. The molecule has 2 amide bonds. The van der Waals surface area contributed by atoms with Crippen LogP contribution >= 0.6 is 0 Å². The van der Waals surface area contributed by atoms with Crippen LogP contribution in [0.5, 0.6) is 0 Å². The van der Waals surface area contributed by atoms with E-state index in [0.717, 1.165) is 16.8 Å². The van der Waals surface area contributed by atoms with Gasteiger partial charge in [0.2, 0.25) is 5.89 Å². The summed E-state index contributed by atoms with van der Waals surface area (Å²) in [5.74, 6) is -2.05. The Balaban J connectivity index is 0.000000196. The number of aromatic nitrogens is 4. The third-order valence-corrected chi connectivity index (χ3v) is 8.49. The topological polar surface area (TPSA) is 148 Å². The number of benzene rings is 4. The van der Waals surface area contributed by atoms with Crippen LogP contribution < -0.4 is 15.5 Å². The first-order chi connectivity index (χ1) is 27.6. The molecule has 0 radical (unpaired) electrons. The van der Waals surface area contributed by atoms with E-state index in [9.17, 15) is 27.6 Å². The van der Waals surface area contributed by atoms with Gasteiger partial charge in [0.05, 0.1) is 19.6 Å². The normalized spacial score (nSPS) is 10.9. The zero-order valence-electron chi connectivity index (χ0n) is 30.2. The minimum Gasteiger partial charge on any atom is -0.413 e. The minimum atomic E-state index is -4.70. The van der Waals surface area contributed by atoms with Crippen molar-refractivity contribution in [1.82, 2.24) is 20.2 Å². The molecule has 0 spiro atoms. The van der Waals surface area contributed by atoms with Crippen molar-refractivity contribution in [3.63, 3.8) is 0 Å². The fourth-order valence-electron chi connectivity index (χ4n) is 5.56. The van der Waals surface area contributed by atoms with E-state index in [-0.39, 0.29) is 36.6 Å². The van der Waals surface area contributed by atoms with Gasteiger partial charge in [-0.2, -0.15) is 13.2 Å². The smallest absolute Gasteiger partial charge is 0.413 e. The maximum Gasteiger partial charge on any atom is 0.470 e. The molecule has 0 unspecified atom stereocenters. The molecule has 286 valence electrons. The van der Waals surface area contributed by atoms with Crippen LogP contribution in [0.25, 0.3) is 11.5 Å². The van der Waals surface area contributed by atoms with Gasteiger partial charge in [-0.25, -0.2) is 0 Å². The lowest BCUT2D eigenvalue weighted by Gasteiger charge is -2.23. The molecular weight excluding hydrogens is 736 g/mol. The number of Topliss-reactive ketones (excluding diaryl/α,β-unsaturated/α-hetero) is 1. The summed E-state index contributed by atoms with van der Waals surface area (Å²) in [6.45, 7) is 0.626. The first-order valence-electron chi connectivity index (χ1n) is 17.5. The van der Waals surface area contributed by atoms with Crippen molar-refractivity contribution in [2.75, 3.05) is 16.3 Å².